The van der Waals surface area contributed by atoms with Crippen molar-refractivity contribution in [3.8, 4) is 0 Å². The van der Waals surface area contributed by atoms with Crippen LogP contribution in [0.2, 0.25) is 0 Å². The maximum absolute atomic E-state index is 14.3. The SMILES string of the molecule is CCc1cn([C@H]2C[C@H](O)[C@@H](CNC(=O)C(c3ccccc3)(c3ccccc3)c3ccccc3)O2)c(=O)[nH]c1=O. The van der Waals surface area contributed by atoms with E-state index in [9.17, 15) is 19.5 Å². The number of aliphatic hydroxyl groups is 1. The largest absolute Gasteiger partial charge is 0.390 e. The van der Waals surface area contributed by atoms with Crippen LogP contribution in [-0.4, -0.2) is 39.3 Å². The van der Waals surface area contributed by atoms with E-state index in [0.717, 1.165) is 16.7 Å². The Balaban J connectivity index is 1.46. The first-order chi connectivity index (χ1) is 18.9. The maximum atomic E-state index is 14.3. The average molecular weight is 526 g/mol. The van der Waals surface area contributed by atoms with Crippen LogP contribution in [-0.2, 0) is 21.4 Å². The molecular weight excluding hydrogens is 494 g/mol. The molecule has 1 aliphatic rings. The van der Waals surface area contributed by atoms with Crippen molar-refractivity contribution in [1.82, 2.24) is 14.9 Å². The first-order valence-electron chi connectivity index (χ1n) is 13.1. The fraction of sp³-hybridized carbons (Fsp3) is 0.258. The van der Waals surface area contributed by atoms with E-state index in [2.05, 4.69) is 10.3 Å². The summed E-state index contributed by atoms with van der Waals surface area (Å²) in [6.07, 6.45) is -0.354. The van der Waals surface area contributed by atoms with Crippen LogP contribution < -0.4 is 16.6 Å². The lowest BCUT2D eigenvalue weighted by atomic mass is 9.68. The van der Waals surface area contributed by atoms with Gasteiger partial charge in [-0.25, -0.2) is 4.79 Å². The third kappa shape index (κ3) is 4.96. The van der Waals surface area contributed by atoms with Crippen LogP contribution in [0.25, 0.3) is 0 Å². The smallest absolute Gasteiger partial charge is 0.330 e. The number of carbonyl (C=O) groups excluding carboxylic acids is 1. The Morgan fingerprint density at radius 2 is 1.46 bits per heavy atom. The summed E-state index contributed by atoms with van der Waals surface area (Å²) in [5.41, 5.74) is 0.671. The predicted octanol–water partition coefficient (Wildman–Crippen LogP) is 2.90. The second-order valence-electron chi connectivity index (χ2n) is 9.66. The average Bonchev–Trinajstić information content (AvgIpc) is 3.34. The van der Waals surface area contributed by atoms with E-state index in [4.69, 9.17) is 4.74 Å². The van der Waals surface area contributed by atoms with E-state index < -0.39 is 35.1 Å². The molecule has 2 heterocycles. The number of H-pyrrole nitrogens is 1. The molecule has 5 rings (SSSR count). The van der Waals surface area contributed by atoms with Crippen LogP contribution in [0.3, 0.4) is 0 Å². The van der Waals surface area contributed by atoms with Crippen molar-refractivity contribution in [3.05, 3.63) is 140 Å². The van der Waals surface area contributed by atoms with Gasteiger partial charge < -0.3 is 15.2 Å². The van der Waals surface area contributed by atoms with E-state index in [1.807, 2.05) is 97.9 Å². The summed E-state index contributed by atoms with van der Waals surface area (Å²) in [5.74, 6) is -0.264. The van der Waals surface area contributed by atoms with Gasteiger partial charge in [0.05, 0.1) is 6.10 Å². The number of hydrogen-bond acceptors (Lipinski definition) is 5. The number of carbonyl (C=O) groups is 1. The number of rotatable bonds is 8. The number of hydrogen-bond donors (Lipinski definition) is 3. The first kappa shape index (κ1) is 26.3. The zero-order chi connectivity index (χ0) is 27.4. The number of ether oxygens (including phenoxy) is 1. The van der Waals surface area contributed by atoms with Crippen molar-refractivity contribution in [2.24, 2.45) is 0 Å². The van der Waals surface area contributed by atoms with Crippen molar-refractivity contribution in [1.29, 1.82) is 0 Å². The fourth-order valence-corrected chi connectivity index (χ4v) is 5.35. The van der Waals surface area contributed by atoms with Gasteiger partial charge in [-0.15, -0.1) is 0 Å². The van der Waals surface area contributed by atoms with E-state index >= 15 is 0 Å². The summed E-state index contributed by atoms with van der Waals surface area (Å²) in [6, 6.07) is 28.8. The quantitative estimate of drug-likeness (QED) is 0.306. The minimum absolute atomic E-state index is 0.0312. The highest BCUT2D eigenvalue weighted by Gasteiger charge is 2.44. The number of benzene rings is 3. The second-order valence-corrected chi connectivity index (χ2v) is 9.66. The van der Waals surface area contributed by atoms with Crippen LogP contribution in [0, 0.1) is 0 Å². The Morgan fingerprint density at radius 1 is 0.949 bits per heavy atom. The van der Waals surface area contributed by atoms with Gasteiger partial charge in [-0.3, -0.25) is 19.1 Å². The molecule has 0 aliphatic carbocycles. The normalized spacial score (nSPS) is 19.1. The van der Waals surface area contributed by atoms with Gasteiger partial charge in [-0.05, 0) is 23.1 Å². The molecule has 0 saturated carbocycles. The molecule has 1 aliphatic heterocycles. The van der Waals surface area contributed by atoms with Crippen LogP contribution >= 0.6 is 0 Å². The number of nitrogens with zero attached hydrogens (tertiary/aromatic N) is 1. The van der Waals surface area contributed by atoms with Crippen molar-refractivity contribution in [3.63, 3.8) is 0 Å². The zero-order valence-corrected chi connectivity index (χ0v) is 21.6. The molecule has 4 aromatic rings. The third-order valence-electron chi connectivity index (χ3n) is 7.36. The van der Waals surface area contributed by atoms with Gasteiger partial charge in [0.25, 0.3) is 5.56 Å². The summed E-state index contributed by atoms with van der Waals surface area (Å²) in [5, 5.41) is 13.8. The highest BCUT2D eigenvalue weighted by atomic mass is 16.5. The lowest BCUT2D eigenvalue weighted by Crippen LogP contribution is -2.49. The maximum Gasteiger partial charge on any atom is 0.330 e. The number of amides is 1. The lowest BCUT2D eigenvalue weighted by Gasteiger charge is -2.35. The molecule has 3 aromatic carbocycles. The van der Waals surface area contributed by atoms with Gasteiger partial charge in [0, 0.05) is 24.7 Å². The minimum Gasteiger partial charge on any atom is -0.390 e. The Morgan fingerprint density at radius 3 is 1.95 bits per heavy atom. The summed E-state index contributed by atoms with van der Waals surface area (Å²) < 4.78 is 7.34. The van der Waals surface area contributed by atoms with Gasteiger partial charge in [-0.1, -0.05) is 97.9 Å². The van der Waals surface area contributed by atoms with Crippen molar-refractivity contribution in [2.45, 2.75) is 43.6 Å². The molecule has 8 nitrogen and oxygen atoms in total. The summed E-state index contributed by atoms with van der Waals surface area (Å²) >= 11 is 0. The topological polar surface area (TPSA) is 113 Å². The van der Waals surface area contributed by atoms with Gasteiger partial charge in [0.15, 0.2) is 0 Å². The Hall–Kier alpha value is -4.27. The molecule has 0 radical (unpaired) electrons. The molecule has 1 aromatic heterocycles. The highest BCUT2D eigenvalue weighted by molar-refractivity contribution is 5.96. The highest BCUT2D eigenvalue weighted by Crippen LogP contribution is 2.39. The molecule has 0 spiro atoms. The van der Waals surface area contributed by atoms with Crippen LogP contribution in [0.1, 0.15) is 41.8 Å². The van der Waals surface area contributed by atoms with Crippen molar-refractivity contribution in [2.75, 3.05) is 6.54 Å². The molecule has 3 N–H and O–H groups in total. The standard InChI is InChI=1S/C31H31N3O5/c1-2-21-20-34(30(38)33-28(21)36)27-18-25(35)26(39-27)19-32-29(37)31(22-12-6-3-7-13-22,23-14-8-4-9-15-23)24-16-10-5-11-17-24/h3-17,20,25-27,35H,2,18-19H2,1H3,(H,32,37)(H,33,36,38)/t25-,26+,27+/m0/s1. The third-order valence-corrected chi connectivity index (χ3v) is 7.36. The number of aromatic nitrogens is 2. The van der Waals surface area contributed by atoms with Crippen LogP contribution in [0.15, 0.2) is 107 Å². The molecule has 0 unspecified atom stereocenters. The summed E-state index contributed by atoms with van der Waals surface area (Å²) in [7, 11) is 0. The minimum atomic E-state index is -1.15. The van der Waals surface area contributed by atoms with E-state index in [1.54, 1.807) is 0 Å². The number of aliphatic hydroxyl groups excluding tert-OH is 1. The molecule has 3 atom stereocenters. The summed E-state index contributed by atoms with van der Waals surface area (Å²) in [6.45, 7) is 1.85. The second kappa shape index (κ2) is 11.2. The number of aromatic amines is 1. The van der Waals surface area contributed by atoms with Crippen LogP contribution in [0.5, 0.6) is 0 Å². The molecule has 1 fully saturated rings. The van der Waals surface area contributed by atoms with E-state index in [-0.39, 0.29) is 18.9 Å². The number of nitrogens with one attached hydrogen (secondary N) is 2. The molecule has 1 saturated heterocycles. The predicted molar refractivity (Wildman–Crippen MR) is 147 cm³/mol. The molecule has 200 valence electrons. The summed E-state index contributed by atoms with van der Waals surface area (Å²) in [4.78, 5) is 41.1. The van der Waals surface area contributed by atoms with Gasteiger partial charge in [0.1, 0.15) is 17.7 Å². The van der Waals surface area contributed by atoms with E-state index in [0.29, 0.717) is 12.0 Å². The first-order valence-corrected chi connectivity index (χ1v) is 13.1. The molecule has 1 amide bonds. The van der Waals surface area contributed by atoms with E-state index in [1.165, 1.54) is 10.8 Å². The molecule has 8 heteroatoms. The van der Waals surface area contributed by atoms with Gasteiger partial charge >= 0.3 is 5.69 Å². The molecule has 0 bridgehead atoms. The fourth-order valence-electron chi connectivity index (χ4n) is 5.35. The molecule has 39 heavy (non-hydrogen) atoms. The Bertz CT molecular complexity index is 1440. The number of aryl methyl sites for hydroxylation is 1. The van der Waals surface area contributed by atoms with Crippen molar-refractivity contribution < 1.29 is 14.6 Å². The zero-order valence-electron chi connectivity index (χ0n) is 21.6. The Kier molecular flexibility index (Phi) is 7.58. The van der Waals surface area contributed by atoms with Crippen LogP contribution in [0.4, 0.5) is 0 Å². The van der Waals surface area contributed by atoms with Gasteiger partial charge in [-0.2, -0.15) is 0 Å². The monoisotopic (exact) mass is 525 g/mol. The van der Waals surface area contributed by atoms with Gasteiger partial charge in [0.2, 0.25) is 5.91 Å². The van der Waals surface area contributed by atoms with Crippen molar-refractivity contribution >= 4 is 5.91 Å². The molecular formula is C31H31N3O5. The lowest BCUT2D eigenvalue weighted by molar-refractivity contribution is -0.125. The Labute approximate surface area is 225 Å².